The molecule has 1 aliphatic rings. The lowest BCUT2D eigenvalue weighted by molar-refractivity contribution is -0.132. The number of aromatic nitrogens is 2. The van der Waals surface area contributed by atoms with Crippen LogP contribution in [0.1, 0.15) is 23.3 Å². The van der Waals surface area contributed by atoms with Gasteiger partial charge < -0.3 is 14.5 Å². The molecule has 1 aromatic rings. The van der Waals surface area contributed by atoms with E-state index < -0.39 is 0 Å². The molecule has 2 amide bonds. The fourth-order valence-corrected chi connectivity index (χ4v) is 2.34. The molecule has 0 aromatic carbocycles. The first-order valence-electron chi connectivity index (χ1n) is 7.23. The van der Waals surface area contributed by atoms with Gasteiger partial charge in [-0.05, 0) is 12.5 Å². The molecule has 1 aliphatic heterocycles. The summed E-state index contributed by atoms with van der Waals surface area (Å²) in [7, 11) is 1.56. The maximum Gasteiger partial charge on any atom is 0.274 e. The first-order chi connectivity index (χ1) is 10.6. The summed E-state index contributed by atoms with van der Waals surface area (Å²) in [5.74, 6) is -0.194. The quantitative estimate of drug-likeness (QED) is 0.807. The topological polar surface area (TPSA) is 95.6 Å². The van der Waals surface area contributed by atoms with Gasteiger partial charge in [-0.25, -0.2) is 5.10 Å². The average molecular weight is 308 g/mol. The van der Waals surface area contributed by atoms with E-state index in [9.17, 15) is 14.4 Å². The molecule has 22 heavy (non-hydrogen) atoms. The van der Waals surface area contributed by atoms with Crippen LogP contribution in [-0.2, 0) is 9.53 Å². The number of carbonyl (C=O) groups excluding carboxylic acids is 2. The van der Waals surface area contributed by atoms with Crippen LogP contribution in [0.2, 0.25) is 0 Å². The highest BCUT2D eigenvalue weighted by molar-refractivity contribution is 5.92. The number of hydrogen-bond acceptors (Lipinski definition) is 5. The highest BCUT2D eigenvalue weighted by atomic mass is 16.5. The van der Waals surface area contributed by atoms with Crippen LogP contribution in [-0.4, -0.2) is 71.7 Å². The maximum atomic E-state index is 12.3. The van der Waals surface area contributed by atoms with Gasteiger partial charge in [-0.1, -0.05) is 0 Å². The molecule has 0 bridgehead atoms. The van der Waals surface area contributed by atoms with Crippen molar-refractivity contribution in [1.29, 1.82) is 0 Å². The van der Waals surface area contributed by atoms with Gasteiger partial charge in [-0.15, -0.1) is 0 Å². The summed E-state index contributed by atoms with van der Waals surface area (Å²) >= 11 is 0. The Morgan fingerprint density at radius 1 is 1.23 bits per heavy atom. The van der Waals surface area contributed by atoms with Gasteiger partial charge in [0, 0.05) is 39.4 Å². The summed E-state index contributed by atoms with van der Waals surface area (Å²) in [6, 6.07) is 2.69. The van der Waals surface area contributed by atoms with Gasteiger partial charge in [-0.3, -0.25) is 14.4 Å². The second-order valence-electron chi connectivity index (χ2n) is 5.08. The molecule has 0 saturated carbocycles. The summed E-state index contributed by atoms with van der Waals surface area (Å²) in [5, 5.41) is 6.01. The predicted octanol–water partition coefficient (Wildman–Crippen LogP) is -0.519. The van der Waals surface area contributed by atoms with Crippen LogP contribution >= 0.6 is 0 Å². The normalized spacial score (nSPS) is 15.5. The van der Waals surface area contributed by atoms with Crippen molar-refractivity contribution in [2.75, 3.05) is 39.9 Å². The Hall–Kier alpha value is -2.22. The number of nitrogens with zero attached hydrogens (tertiary/aromatic N) is 3. The zero-order chi connectivity index (χ0) is 15.9. The van der Waals surface area contributed by atoms with Gasteiger partial charge in [0.25, 0.3) is 11.5 Å². The first kappa shape index (κ1) is 16.2. The van der Waals surface area contributed by atoms with Crippen LogP contribution in [0, 0.1) is 0 Å². The number of ether oxygens (including phenoxy) is 1. The SMILES string of the molecule is COCCC(=O)N1CCCN(C(=O)c2ccc(=O)[nH]n2)CC1. The van der Waals surface area contributed by atoms with E-state index in [-0.39, 0.29) is 23.1 Å². The van der Waals surface area contributed by atoms with Gasteiger partial charge in [0.2, 0.25) is 5.91 Å². The maximum absolute atomic E-state index is 12.3. The number of H-pyrrole nitrogens is 1. The average Bonchev–Trinajstić information content (AvgIpc) is 2.78. The van der Waals surface area contributed by atoms with E-state index in [0.29, 0.717) is 45.6 Å². The number of aromatic amines is 1. The summed E-state index contributed by atoms with van der Waals surface area (Å²) in [5.41, 5.74) is -0.138. The number of methoxy groups -OCH3 is 1. The molecule has 120 valence electrons. The van der Waals surface area contributed by atoms with Gasteiger partial charge in [0.1, 0.15) is 5.69 Å². The summed E-state index contributed by atoms with van der Waals surface area (Å²) in [6.07, 6.45) is 1.07. The van der Waals surface area contributed by atoms with Gasteiger partial charge >= 0.3 is 0 Å². The van der Waals surface area contributed by atoms with Crippen LogP contribution in [0.25, 0.3) is 0 Å². The van der Waals surface area contributed by atoms with Gasteiger partial charge in [0.15, 0.2) is 0 Å². The molecule has 8 nitrogen and oxygen atoms in total. The Morgan fingerprint density at radius 3 is 2.64 bits per heavy atom. The van der Waals surface area contributed by atoms with Crippen molar-refractivity contribution in [1.82, 2.24) is 20.0 Å². The molecule has 8 heteroatoms. The zero-order valence-corrected chi connectivity index (χ0v) is 12.6. The number of carbonyl (C=O) groups is 2. The lowest BCUT2D eigenvalue weighted by Gasteiger charge is -2.21. The molecule has 2 rings (SSSR count). The number of amides is 2. The Bertz CT molecular complexity index is 566. The summed E-state index contributed by atoms with van der Waals surface area (Å²) in [6.45, 7) is 2.55. The van der Waals surface area contributed by atoms with E-state index in [2.05, 4.69) is 10.2 Å². The third-order valence-electron chi connectivity index (χ3n) is 3.55. The molecular weight excluding hydrogens is 288 g/mol. The van der Waals surface area contributed by atoms with Crippen molar-refractivity contribution in [3.05, 3.63) is 28.2 Å². The molecule has 0 atom stereocenters. The number of hydrogen-bond donors (Lipinski definition) is 1. The molecule has 1 saturated heterocycles. The molecule has 1 fully saturated rings. The molecule has 2 heterocycles. The largest absolute Gasteiger partial charge is 0.384 e. The second-order valence-corrected chi connectivity index (χ2v) is 5.08. The number of nitrogens with one attached hydrogen (secondary N) is 1. The molecular formula is C14H20N4O4. The molecule has 0 unspecified atom stereocenters. The van der Waals surface area contributed by atoms with Crippen molar-refractivity contribution in [2.45, 2.75) is 12.8 Å². The van der Waals surface area contributed by atoms with E-state index in [1.54, 1.807) is 16.9 Å². The lowest BCUT2D eigenvalue weighted by Crippen LogP contribution is -2.38. The van der Waals surface area contributed by atoms with Crippen LogP contribution in [0.4, 0.5) is 0 Å². The highest BCUT2D eigenvalue weighted by Crippen LogP contribution is 2.08. The van der Waals surface area contributed by atoms with E-state index in [1.807, 2.05) is 0 Å². The summed E-state index contributed by atoms with van der Waals surface area (Å²) in [4.78, 5) is 38.7. The predicted molar refractivity (Wildman–Crippen MR) is 78.5 cm³/mol. The zero-order valence-electron chi connectivity index (χ0n) is 12.6. The van der Waals surface area contributed by atoms with Crippen molar-refractivity contribution in [3.8, 4) is 0 Å². The van der Waals surface area contributed by atoms with Crippen LogP contribution < -0.4 is 5.56 Å². The Morgan fingerprint density at radius 2 is 1.95 bits per heavy atom. The van der Waals surface area contributed by atoms with Crippen molar-refractivity contribution >= 4 is 11.8 Å². The van der Waals surface area contributed by atoms with Crippen molar-refractivity contribution in [2.24, 2.45) is 0 Å². The molecule has 0 spiro atoms. The van der Waals surface area contributed by atoms with Gasteiger partial charge in [0.05, 0.1) is 13.0 Å². The minimum absolute atomic E-state index is 0.0401. The van der Waals surface area contributed by atoms with Crippen LogP contribution in [0.3, 0.4) is 0 Å². The highest BCUT2D eigenvalue weighted by Gasteiger charge is 2.23. The van der Waals surface area contributed by atoms with E-state index in [4.69, 9.17) is 4.74 Å². The lowest BCUT2D eigenvalue weighted by atomic mass is 10.3. The standard InChI is InChI=1S/C14H20N4O4/c1-22-10-5-13(20)17-6-2-7-18(9-8-17)14(21)11-3-4-12(19)16-15-11/h3-4H,2,5-10H2,1H3,(H,16,19). The third-order valence-corrected chi connectivity index (χ3v) is 3.55. The fourth-order valence-electron chi connectivity index (χ4n) is 2.34. The number of rotatable bonds is 4. The molecule has 0 radical (unpaired) electrons. The van der Waals surface area contributed by atoms with Gasteiger partial charge in [-0.2, -0.15) is 5.10 Å². The second kappa shape index (κ2) is 7.69. The monoisotopic (exact) mass is 308 g/mol. The third kappa shape index (κ3) is 4.14. The summed E-state index contributed by atoms with van der Waals surface area (Å²) < 4.78 is 4.91. The first-order valence-corrected chi connectivity index (χ1v) is 7.23. The van der Waals surface area contributed by atoms with Crippen molar-refractivity contribution in [3.63, 3.8) is 0 Å². The smallest absolute Gasteiger partial charge is 0.274 e. The molecule has 0 aliphatic carbocycles. The van der Waals surface area contributed by atoms with E-state index >= 15 is 0 Å². The van der Waals surface area contributed by atoms with Crippen molar-refractivity contribution < 1.29 is 14.3 Å². The Balaban J connectivity index is 1.95. The van der Waals surface area contributed by atoms with E-state index in [1.165, 1.54) is 12.1 Å². The Kier molecular flexibility index (Phi) is 5.65. The molecule has 1 N–H and O–H groups in total. The van der Waals surface area contributed by atoms with Crippen LogP contribution in [0.5, 0.6) is 0 Å². The minimum Gasteiger partial charge on any atom is -0.384 e. The minimum atomic E-state index is -0.345. The van der Waals surface area contributed by atoms with E-state index in [0.717, 1.165) is 0 Å². The Labute approximate surface area is 128 Å². The fraction of sp³-hybridized carbons (Fsp3) is 0.571. The molecule has 1 aromatic heterocycles. The van der Waals surface area contributed by atoms with Crippen LogP contribution in [0.15, 0.2) is 16.9 Å².